The normalized spacial score (nSPS) is 20.8. The van der Waals surface area contributed by atoms with Crippen molar-refractivity contribution in [2.75, 3.05) is 13.2 Å². The highest BCUT2D eigenvalue weighted by Gasteiger charge is 2.20. The first-order valence-corrected chi connectivity index (χ1v) is 6.61. The number of aliphatic hydroxyl groups is 1. The van der Waals surface area contributed by atoms with E-state index in [4.69, 9.17) is 21.1 Å². The predicted molar refractivity (Wildman–Crippen MR) is 71.2 cm³/mol. The molecule has 0 bridgehead atoms. The van der Waals surface area contributed by atoms with Crippen LogP contribution < -0.4 is 4.74 Å². The molecular formula is C14H19ClO3. The number of hydrogen-bond donors (Lipinski definition) is 1. The van der Waals surface area contributed by atoms with Gasteiger partial charge >= 0.3 is 0 Å². The summed E-state index contributed by atoms with van der Waals surface area (Å²) in [7, 11) is 0. The molecule has 1 saturated heterocycles. The van der Waals surface area contributed by atoms with Crippen molar-refractivity contribution in [3.63, 3.8) is 0 Å². The van der Waals surface area contributed by atoms with Gasteiger partial charge in [0.1, 0.15) is 11.9 Å². The van der Waals surface area contributed by atoms with Crippen molar-refractivity contribution < 1.29 is 14.6 Å². The molecule has 0 amide bonds. The van der Waals surface area contributed by atoms with Gasteiger partial charge in [0.05, 0.1) is 17.2 Å². The molecule has 1 fully saturated rings. The van der Waals surface area contributed by atoms with Crippen LogP contribution in [0, 0.1) is 0 Å². The van der Waals surface area contributed by atoms with Gasteiger partial charge in [0.15, 0.2) is 0 Å². The quantitative estimate of drug-likeness (QED) is 0.917. The van der Waals surface area contributed by atoms with Crippen LogP contribution in [0.1, 0.15) is 32.3 Å². The van der Waals surface area contributed by atoms with Gasteiger partial charge in [0.2, 0.25) is 0 Å². The van der Waals surface area contributed by atoms with E-state index >= 15 is 0 Å². The molecular weight excluding hydrogens is 252 g/mol. The molecule has 1 aromatic rings. The third-order valence-corrected chi connectivity index (χ3v) is 3.35. The van der Waals surface area contributed by atoms with E-state index in [0.717, 1.165) is 25.0 Å². The van der Waals surface area contributed by atoms with Crippen LogP contribution >= 0.6 is 11.6 Å². The molecule has 100 valence electrons. The SMILES string of the molecule is CC(C)(O)c1ccc(OC2CCCOC2)c(Cl)c1. The van der Waals surface area contributed by atoms with Crippen LogP contribution in [0.3, 0.4) is 0 Å². The zero-order chi connectivity index (χ0) is 13.2. The first kappa shape index (κ1) is 13.7. The molecule has 1 heterocycles. The maximum atomic E-state index is 9.91. The number of benzene rings is 1. The Morgan fingerprint density at radius 3 is 2.78 bits per heavy atom. The maximum absolute atomic E-state index is 9.91. The minimum absolute atomic E-state index is 0.0734. The number of hydrogen-bond acceptors (Lipinski definition) is 3. The molecule has 18 heavy (non-hydrogen) atoms. The second-order valence-corrected chi connectivity index (χ2v) is 5.57. The molecule has 1 aliphatic rings. The monoisotopic (exact) mass is 270 g/mol. The lowest BCUT2D eigenvalue weighted by Crippen LogP contribution is -2.28. The van der Waals surface area contributed by atoms with E-state index in [9.17, 15) is 5.11 Å². The lowest BCUT2D eigenvalue weighted by Gasteiger charge is -2.24. The van der Waals surface area contributed by atoms with Crippen LogP contribution in [0.4, 0.5) is 0 Å². The standard InChI is InChI=1S/C14H19ClO3/c1-14(2,16)10-5-6-13(12(15)8-10)18-11-4-3-7-17-9-11/h5-6,8,11,16H,3-4,7,9H2,1-2H3. The Morgan fingerprint density at radius 1 is 1.44 bits per heavy atom. The molecule has 3 nitrogen and oxygen atoms in total. The summed E-state index contributed by atoms with van der Waals surface area (Å²) in [6, 6.07) is 5.40. The van der Waals surface area contributed by atoms with E-state index < -0.39 is 5.60 Å². The predicted octanol–water partition coefficient (Wildman–Crippen LogP) is 3.13. The minimum atomic E-state index is -0.893. The topological polar surface area (TPSA) is 38.7 Å². The molecule has 0 aliphatic carbocycles. The van der Waals surface area contributed by atoms with E-state index in [2.05, 4.69) is 0 Å². The molecule has 0 aromatic heterocycles. The summed E-state index contributed by atoms with van der Waals surface area (Å²) >= 11 is 6.18. The van der Waals surface area contributed by atoms with E-state index in [1.54, 1.807) is 19.9 Å². The molecule has 0 radical (unpaired) electrons. The van der Waals surface area contributed by atoms with Gasteiger partial charge in [-0.15, -0.1) is 0 Å². The van der Waals surface area contributed by atoms with Crippen molar-refractivity contribution >= 4 is 11.6 Å². The van der Waals surface area contributed by atoms with Crippen molar-refractivity contribution in [1.82, 2.24) is 0 Å². The van der Waals surface area contributed by atoms with Crippen molar-refractivity contribution in [1.29, 1.82) is 0 Å². The van der Waals surface area contributed by atoms with E-state index in [0.29, 0.717) is 17.4 Å². The van der Waals surface area contributed by atoms with Crippen LogP contribution in [0.15, 0.2) is 18.2 Å². The van der Waals surface area contributed by atoms with Crippen LogP contribution in [-0.2, 0) is 10.3 Å². The Balaban J connectivity index is 2.09. The van der Waals surface area contributed by atoms with Gasteiger partial charge < -0.3 is 14.6 Å². The average molecular weight is 271 g/mol. The summed E-state index contributed by atoms with van der Waals surface area (Å²) in [6.45, 7) is 4.89. The molecule has 1 aromatic carbocycles. The average Bonchev–Trinajstić information content (AvgIpc) is 2.32. The van der Waals surface area contributed by atoms with Crippen LogP contribution in [-0.4, -0.2) is 24.4 Å². The Morgan fingerprint density at radius 2 is 2.22 bits per heavy atom. The first-order valence-electron chi connectivity index (χ1n) is 6.23. The van der Waals surface area contributed by atoms with Gasteiger partial charge in [-0.1, -0.05) is 17.7 Å². The molecule has 1 atom stereocenters. The summed E-state index contributed by atoms with van der Waals surface area (Å²) in [4.78, 5) is 0. The lowest BCUT2D eigenvalue weighted by atomic mass is 9.98. The van der Waals surface area contributed by atoms with Crippen LogP contribution in [0.25, 0.3) is 0 Å². The summed E-state index contributed by atoms with van der Waals surface area (Å²) in [5, 5.41) is 10.4. The Kier molecular flexibility index (Phi) is 4.15. The summed E-state index contributed by atoms with van der Waals surface area (Å²) < 4.78 is 11.2. The zero-order valence-corrected chi connectivity index (χ0v) is 11.5. The molecule has 2 rings (SSSR count). The summed E-state index contributed by atoms with van der Waals surface area (Å²) in [5.74, 6) is 0.653. The second kappa shape index (κ2) is 5.47. The van der Waals surface area contributed by atoms with Gasteiger partial charge in [-0.25, -0.2) is 0 Å². The highest BCUT2D eigenvalue weighted by Crippen LogP contribution is 2.31. The number of rotatable bonds is 3. The van der Waals surface area contributed by atoms with Gasteiger partial charge in [-0.3, -0.25) is 0 Å². The minimum Gasteiger partial charge on any atom is -0.486 e. The first-order chi connectivity index (χ1) is 8.47. The molecule has 0 spiro atoms. The highest BCUT2D eigenvalue weighted by atomic mass is 35.5. The Bertz CT molecular complexity index is 406. The molecule has 0 saturated carbocycles. The largest absolute Gasteiger partial charge is 0.486 e. The van der Waals surface area contributed by atoms with Crippen molar-refractivity contribution in [3.8, 4) is 5.75 Å². The smallest absolute Gasteiger partial charge is 0.138 e. The van der Waals surface area contributed by atoms with Crippen molar-refractivity contribution in [3.05, 3.63) is 28.8 Å². The third-order valence-electron chi connectivity index (χ3n) is 3.05. The van der Waals surface area contributed by atoms with Gasteiger partial charge in [0, 0.05) is 6.61 Å². The van der Waals surface area contributed by atoms with Gasteiger partial charge in [0.25, 0.3) is 0 Å². The van der Waals surface area contributed by atoms with E-state index in [1.165, 1.54) is 0 Å². The lowest BCUT2D eigenvalue weighted by molar-refractivity contribution is 0.00740. The number of ether oxygens (including phenoxy) is 2. The molecule has 1 aliphatic heterocycles. The highest BCUT2D eigenvalue weighted by molar-refractivity contribution is 6.32. The van der Waals surface area contributed by atoms with Crippen molar-refractivity contribution in [2.45, 2.75) is 38.4 Å². The zero-order valence-electron chi connectivity index (χ0n) is 10.8. The maximum Gasteiger partial charge on any atom is 0.138 e. The van der Waals surface area contributed by atoms with Crippen LogP contribution in [0.2, 0.25) is 5.02 Å². The Labute approximate surface area is 113 Å². The van der Waals surface area contributed by atoms with Crippen molar-refractivity contribution in [2.24, 2.45) is 0 Å². The van der Waals surface area contributed by atoms with Crippen LogP contribution in [0.5, 0.6) is 5.75 Å². The number of halogens is 1. The fourth-order valence-corrected chi connectivity index (χ4v) is 2.19. The Hall–Kier alpha value is -0.770. The summed E-state index contributed by atoms with van der Waals surface area (Å²) in [5.41, 5.74) is -0.115. The second-order valence-electron chi connectivity index (χ2n) is 5.16. The molecule has 1 N–H and O–H groups in total. The van der Waals surface area contributed by atoms with E-state index in [1.807, 2.05) is 12.1 Å². The fraction of sp³-hybridized carbons (Fsp3) is 0.571. The summed E-state index contributed by atoms with van der Waals surface area (Å²) in [6.07, 6.45) is 2.08. The molecule has 1 unspecified atom stereocenters. The fourth-order valence-electron chi connectivity index (χ4n) is 1.96. The molecule has 4 heteroatoms. The van der Waals surface area contributed by atoms with E-state index in [-0.39, 0.29) is 6.10 Å². The third kappa shape index (κ3) is 3.37. The van der Waals surface area contributed by atoms with Gasteiger partial charge in [-0.05, 0) is 44.4 Å². The van der Waals surface area contributed by atoms with Gasteiger partial charge in [-0.2, -0.15) is 0 Å².